The van der Waals surface area contributed by atoms with E-state index in [2.05, 4.69) is 5.32 Å². The summed E-state index contributed by atoms with van der Waals surface area (Å²) in [4.78, 5) is 13.0. The van der Waals surface area contributed by atoms with Crippen molar-refractivity contribution in [1.82, 2.24) is 9.62 Å². The van der Waals surface area contributed by atoms with Gasteiger partial charge in [-0.2, -0.15) is 4.31 Å². The molecule has 162 valence electrons. The van der Waals surface area contributed by atoms with Crippen LogP contribution in [0.2, 0.25) is 0 Å². The van der Waals surface area contributed by atoms with Crippen LogP contribution in [-0.2, 0) is 14.8 Å². The highest BCUT2D eigenvalue weighted by atomic mass is 32.2. The molecule has 2 atom stereocenters. The fourth-order valence-electron chi connectivity index (χ4n) is 3.58. The van der Waals surface area contributed by atoms with Crippen molar-refractivity contribution in [1.29, 1.82) is 0 Å². The maximum absolute atomic E-state index is 13.0. The van der Waals surface area contributed by atoms with E-state index in [1.807, 2.05) is 31.2 Å². The molecule has 3 rings (SSSR count). The SMILES string of the molecule is COc1ccc([C@H](C)NC(=O)[C@@H]2CCCN(S(=O)(=O)c3ccc(OC)cc3)C2)cc1. The van der Waals surface area contributed by atoms with Crippen molar-refractivity contribution in [3.63, 3.8) is 0 Å². The summed E-state index contributed by atoms with van der Waals surface area (Å²) in [6.07, 6.45) is 1.31. The van der Waals surface area contributed by atoms with Crippen molar-refractivity contribution in [2.45, 2.75) is 30.7 Å². The Labute approximate surface area is 178 Å². The molecular weight excluding hydrogens is 404 g/mol. The molecule has 0 unspecified atom stereocenters. The monoisotopic (exact) mass is 432 g/mol. The number of amides is 1. The summed E-state index contributed by atoms with van der Waals surface area (Å²) < 4.78 is 37.7. The Bertz CT molecular complexity index is 958. The maximum atomic E-state index is 13.0. The number of hydrogen-bond acceptors (Lipinski definition) is 5. The second-order valence-electron chi connectivity index (χ2n) is 7.38. The molecule has 2 aromatic carbocycles. The molecule has 1 amide bonds. The Morgan fingerprint density at radius 3 is 2.17 bits per heavy atom. The lowest BCUT2D eigenvalue weighted by atomic mass is 9.98. The predicted octanol–water partition coefficient (Wildman–Crippen LogP) is 2.98. The third-order valence-corrected chi connectivity index (χ3v) is 7.31. The summed E-state index contributed by atoms with van der Waals surface area (Å²) in [6.45, 7) is 2.50. The molecule has 0 radical (unpaired) electrons. The lowest BCUT2D eigenvalue weighted by molar-refractivity contribution is -0.126. The van der Waals surface area contributed by atoms with Gasteiger partial charge in [0.1, 0.15) is 11.5 Å². The largest absolute Gasteiger partial charge is 0.497 e. The van der Waals surface area contributed by atoms with E-state index in [9.17, 15) is 13.2 Å². The standard InChI is InChI=1S/C22H28N2O5S/c1-16(17-6-8-19(28-2)9-7-17)23-22(25)18-5-4-14-24(15-18)30(26,27)21-12-10-20(29-3)11-13-21/h6-13,16,18H,4-5,14-15H2,1-3H3,(H,23,25)/t16-,18+/m0/s1. The van der Waals surface area contributed by atoms with Crippen molar-refractivity contribution in [2.75, 3.05) is 27.3 Å². The third-order valence-electron chi connectivity index (χ3n) is 5.43. The summed E-state index contributed by atoms with van der Waals surface area (Å²) in [5.41, 5.74) is 0.961. The molecule has 1 heterocycles. The summed E-state index contributed by atoms with van der Waals surface area (Å²) in [5.74, 6) is 0.835. The molecule has 2 aromatic rings. The molecule has 0 bridgehead atoms. The quantitative estimate of drug-likeness (QED) is 0.727. The summed E-state index contributed by atoms with van der Waals surface area (Å²) >= 11 is 0. The van der Waals surface area contributed by atoms with Crippen LogP contribution in [0.5, 0.6) is 11.5 Å². The molecule has 8 heteroatoms. The third kappa shape index (κ3) is 4.94. The van der Waals surface area contributed by atoms with Crippen molar-refractivity contribution in [3.8, 4) is 11.5 Å². The van der Waals surface area contributed by atoms with Gasteiger partial charge in [0.25, 0.3) is 0 Å². The van der Waals surface area contributed by atoms with Crippen LogP contribution in [0.25, 0.3) is 0 Å². The first-order valence-corrected chi connectivity index (χ1v) is 11.4. The fourth-order valence-corrected chi connectivity index (χ4v) is 5.10. The van der Waals surface area contributed by atoms with Gasteiger partial charge in [0.2, 0.25) is 15.9 Å². The van der Waals surface area contributed by atoms with Gasteiger partial charge in [-0.1, -0.05) is 12.1 Å². The number of carbonyl (C=O) groups is 1. The molecule has 1 aliphatic heterocycles. The van der Waals surface area contributed by atoms with Crippen LogP contribution in [0.4, 0.5) is 0 Å². The topological polar surface area (TPSA) is 84.9 Å². The number of nitrogens with one attached hydrogen (secondary N) is 1. The fraction of sp³-hybridized carbons (Fsp3) is 0.409. The lowest BCUT2D eigenvalue weighted by Crippen LogP contribution is -2.45. The molecule has 7 nitrogen and oxygen atoms in total. The van der Waals surface area contributed by atoms with Crippen LogP contribution in [0.1, 0.15) is 31.4 Å². The van der Waals surface area contributed by atoms with E-state index in [1.54, 1.807) is 19.2 Å². The zero-order chi connectivity index (χ0) is 21.7. The molecule has 1 aliphatic rings. The van der Waals surface area contributed by atoms with Gasteiger partial charge in [0, 0.05) is 13.1 Å². The molecule has 1 fully saturated rings. The van der Waals surface area contributed by atoms with Gasteiger partial charge in [-0.15, -0.1) is 0 Å². The first kappa shape index (κ1) is 22.1. The first-order chi connectivity index (χ1) is 14.3. The van der Waals surface area contributed by atoms with Crippen LogP contribution in [0, 0.1) is 5.92 Å². The van der Waals surface area contributed by atoms with Gasteiger partial charge < -0.3 is 14.8 Å². The van der Waals surface area contributed by atoms with E-state index >= 15 is 0 Å². The van der Waals surface area contributed by atoms with E-state index in [4.69, 9.17) is 9.47 Å². The summed E-state index contributed by atoms with van der Waals surface area (Å²) in [7, 11) is -0.520. The molecule has 30 heavy (non-hydrogen) atoms. The minimum absolute atomic E-state index is 0.132. The number of piperidine rings is 1. The first-order valence-electron chi connectivity index (χ1n) is 9.93. The number of sulfonamides is 1. The van der Waals surface area contributed by atoms with Crippen molar-refractivity contribution in [3.05, 3.63) is 54.1 Å². The normalized spacial score (nSPS) is 18.4. The van der Waals surface area contributed by atoms with Gasteiger partial charge in [-0.25, -0.2) is 8.42 Å². The van der Waals surface area contributed by atoms with Gasteiger partial charge in [0.05, 0.1) is 31.1 Å². The van der Waals surface area contributed by atoms with Crippen LogP contribution in [0.3, 0.4) is 0 Å². The smallest absolute Gasteiger partial charge is 0.243 e. The Kier molecular flexibility index (Phi) is 6.99. The number of rotatable bonds is 7. The molecule has 0 spiro atoms. The highest BCUT2D eigenvalue weighted by Gasteiger charge is 2.33. The van der Waals surface area contributed by atoms with E-state index in [0.717, 1.165) is 11.3 Å². The van der Waals surface area contributed by atoms with E-state index < -0.39 is 10.0 Å². The highest BCUT2D eigenvalue weighted by molar-refractivity contribution is 7.89. The van der Waals surface area contributed by atoms with Crippen LogP contribution < -0.4 is 14.8 Å². The zero-order valence-electron chi connectivity index (χ0n) is 17.5. The number of ether oxygens (including phenoxy) is 2. The molecule has 0 aromatic heterocycles. The number of methoxy groups -OCH3 is 2. The molecule has 0 saturated carbocycles. The second kappa shape index (κ2) is 9.49. The van der Waals surface area contributed by atoms with E-state index in [-0.39, 0.29) is 29.3 Å². The van der Waals surface area contributed by atoms with Gasteiger partial charge in [-0.05, 0) is 61.7 Å². The predicted molar refractivity (Wildman–Crippen MR) is 114 cm³/mol. The molecular formula is C22H28N2O5S. The van der Waals surface area contributed by atoms with Crippen LogP contribution in [-0.4, -0.2) is 45.9 Å². The molecule has 1 N–H and O–H groups in total. The summed E-state index contributed by atoms with van der Waals surface area (Å²) in [6, 6.07) is 13.6. The zero-order valence-corrected chi connectivity index (χ0v) is 18.3. The number of hydrogen-bond donors (Lipinski definition) is 1. The second-order valence-corrected chi connectivity index (χ2v) is 9.32. The Morgan fingerprint density at radius 2 is 1.60 bits per heavy atom. The summed E-state index contributed by atoms with van der Waals surface area (Å²) in [5, 5.41) is 3.01. The number of carbonyl (C=O) groups excluding carboxylic acids is 1. The lowest BCUT2D eigenvalue weighted by Gasteiger charge is -2.32. The van der Waals surface area contributed by atoms with E-state index in [1.165, 1.54) is 23.5 Å². The van der Waals surface area contributed by atoms with E-state index in [0.29, 0.717) is 25.1 Å². The number of nitrogens with zero attached hydrogens (tertiary/aromatic N) is 1. The number of benzene rings is 2. The average Bonchev–Trinajstić information content (AvgIpc) is 2.79. The Morgan fingerprint density at radius 1 is 1.03 bits per heavy atom. The van der Waals surface area contributed by atoms with Crippen molar-refractivity contribution < 1.29 is 22.7 Å². The van der Waals surface area contributed by atoms with Gasteiger partial charge >= 0.3 is 0 Å². The maximum Gasteiger partial charge on any atom is 0.243 e. The van der Waals surface area contributed by atoms with Crippen LogP contribution >= 0.6 is 0 Å². The van der Waals surface area contributed by atoms with Gasteiger partial charge in [0.15, 0.2) is 0 Å². The van der Waals surface area contributed by atoms with Crippen LogP contribution in [0.15, 0.2) is 53.4 Å². The van der Waals surface area contributed by atoms with Crippen molar-refractivity contribution in [2.24, 2.45) is 5.92 Å². The molecule has 0 aliphatic carbocycles. The Balaban J connectivity index is 1.66. The van der Waals surface area contributed by atoms with Gasteiger partial charge in [-0.3, -0.25) is 4.79 Å². The molecule has 1 saturated heterocycles. The Hall–Kier alpha value is -2.58. The minimum atomic E-state index is -3.66. The van der Waals surface area contributed by atoms with Crippen molar-refractivity contribution >= 4 is 15.9 Å². The highest BCUT2D eigenvalue weighted by Crippen LogP contribution is 2.26. The average molecular weight is 433 g/mol. The minimum Gasteiger partial charge on any atom is -0.497 e.